The van der Waals surface area contributed by atoms with Gasteiger partial charge in [-0.05, 0) is 59.4 Å². The van der Waals surface area contributed by atoms with Crippen LogP contribution in [0.15, 0.2) is 0 Å². The Kier molecular flexibility index (Phi) is 7.56. The van der Waals surface area contributed by atoms with E-state index in [1.807, 2.05) is 0 Å². The van der Waals surface area contributed by atoms with Gasteiger partial charge in [-0.25, -0.2) is 4.79 Å². The third-order valence-corrected chi connectivity index (χ3v) is 4.09. The van der Waals surface area contributed by atoms with E-state index in [0.717, 1.165) is 5.92 Å². The summed E-state index contributed by atoms with van der Waals surface area (Å²) in [5, 5.41) is 0. The zero-order chi connectivity index (χ0) is 16.0. The van der Waals surface area contributed by atoms with Crippen LogP contribution in [0.4, 0.5) is 4.79 Å². The maximum atomic E-state index is 9.37. The van der Waals surface area contributed by atoms with Crippen LogP contribution in [0.1, 0.15) is 67.2 Å². The van der Waals surface area contributed by atoms with Gasteiger partial charge in [0.2, 0.25) is 0 Å². The molecular formula is C16H34N2O2. The lowest BCUT2D eigenvalue weighted by molar-refractivity contribution is -0.0481. The topological polar surface area (TPSA) is 55.6 Å². The summed E-state index contributed by atoms with van der Waals surface area (Å²) >= 11 is 0. The highest BCUT2D eigenvalue weighted by atomic mass is 16.5. The minimum atomic E-state index is -0.745. The molecule has 0 spiro atoms. The van der Waals surface area contributed by atoms with Gasteiger partial charge in [-0.15, -0.1) is 0 Å². The molecule has 1 fully saturated rings. The molecule has 2 N–H and O–H groups in total. The predicted molar refractivity (Wildman–Crippen MR) is 84.8 cm³/mol. The SMILES string of the molecule is CCCCN1C(C)(C)CC(C)CC1(C)C.COC(N)=O. The number of methoxy groups -OCH3 is 1. The van der Waals surface area contributed by atoms with E-state index in [4.69, 9.17) is 0 Å². The average Bonchev–Trinajstić information content (AvgIpc) is 2.26. The van der Waals surface area contributed by atoms with Crippen LogP contribution in [0.25, 0.3) is 0 Å². The van der Waals surface area contributed by atoms with Crippen molar-refractivity contribution in [2.45, 2.75) is 78.3 Å². The Labute approximate surface area is 125 Å². The van der Waals surface area contributed by atoms with Crippen LogP contribution in [0.2, 0.25) is 0 Å². The molecule has 0 unspecified atom stereocenters. The first-order valence-electron chi connectivity index (χ1n) is 7.68. The van der Waals surface area contributed by atoms with Crippen molar-refractivity contribution >= 4 is 6.09 Å². The first-order valence-corrected chi connectivity index (χ1v) is 7.68. The summed E-state index contributed by atoms with van der Waals surface area (Å²) in [6.45, 7) is 15.6. The summed E-state index contributed by atoms with van der Waals surface area (Å²) in [6, 6.07) is 0. The number of likely N-dealkylation sites (tertiary alicyclic amines) is 1. The molecule has 0 bridgehead atoms. The lowest BCUT2D eigenvalue weighted by atomic mass is 9.74. The number of hydrogen-bond acceptors (Lipinski definition) is 3. The maximum absolute atomic E-state index is 9.37. The molecule has 0 aromatic heterocycles. The number of unbranched alkanes of at least 4 members (excludes halogenated alkanes) is 1. The van der Waals surface area contributed by atoms with E-state index in [-0.39, 0.29) is 0 Å². The molecule has 0 aromatic rings. The third kappa shape index (κ3) is 6.12. The highest BCUT2D eigenvalue weighted by Crippen LogP contribution is 2.41. The van der Waals surface area contributed by atoms with Gasteiger partial charge in [-0.2, -0.15) is 0 Å². The number of primary amides is 1. The van der Waals surface area contributed by atoms with Crippen LogP contribution in [-0.4, -0.2) is 35.7 Å². The van der Waals surface area contributed by atoms with Gasteiger partial charge in [0.15, 0.2) is 0 Å². The Morgan fingerprint density at radius 3 is 1.95 bits per heavy atom. The molecule has 0 atom stereocenters. The largest absolute Gasteiger partial charge is 0.453 e. The summed E-state index contributed by atoms with van der Waals surface area (Å²) in [6.07, 6.45) is 4.59. The number of amides is 1. The fraction of sp³-hybridized carbons (Fsp3) is 0.938. The van der Waals surface area contributed by atoms with Crippen molar-refractivity contribution in [2.24, 2.45) is 11.7 Å². The highest BCUT2D eigenvalue weighted by molar-refractivity contribution is 5.64. The molecule has 1 aliphatic rings. The molecule has 1 saturated heterocycles. The number of piperidine rings is 1. The number of rotatable bonds is 3. The van der Waals surface area contributed by atoms with Crippen LogP contribution in [0, 0.1) is 5.92 Å². The Bertz CT molecular complexity index is 283. The number of carbonyl (C=O) groups excluding carboxylic acids is 1. The highest BCUT2D eigenvalue weighted by Gasteiger charge is 2.43. The standard InChI is InChI=1S/C14H29N.C2H5NO2/c1-7-8-9-15-13(3,4)10-12(2)11-14(15,5)6;1-5-2(3)4/h12H,7-11H2,1-6H3;1H3,(H2,3,4). The zero-order valence-corrected chi connectivity index (χ0v) is 14.5. The molecule has 120 valence electrons. The monoisotopic (exact) mass is 286 g/mol. The van der Waals surface area contributed by atoms with Crippen molar-refractivity contribution in [3.05, 3.63) is 0 Å². The van der Waals surface area contributed by atoms with Crippen molar-refractivity contribution < 1.29 is 9.53 Å². The van der Waals surface area contributed by atoms with E-state index in [1.165, 1.54) is 39.3 Å². The van der Waals surface area contributed by atoms with Crippen molar-refractivity contribution in [2.75, 3.05) is 13.7 Å². The molecule has 0 radical (unpaired) electrons. The van der Waals surface area contributed by atoms with Gasteiger partial charge in [0, 0.05) is 11.1 Å². The van der Waals surface area contributed by atoms with Gasteiger partial charge in [0.1, 0.15) is 0 Å². The van der Waals surface area contributed by atoms with Gasteiger partial charge in [0.05, 0.1) is 7.11 Å². The van der Waals surface area contributed by atoms with Crippen LogP contribution in [0.3, 0.4) is 0 Å². The molecule has 0 aromatic carbocycles. The van der Waals surface area contributed by atoms with E-state index < -0.39 is 6.09 Å². The fourth-order valence-electron chi connectivity index (χ4n) is 3.74. The molecular weight excluding hydrogens is 252 g/mol. The Morgan fingerprint density at radius 2 is 1.65 bits per heavy atom. The zero-order valence-electron chi connectivity index (χ0n) is 14.5. The van der Waals surface area contributed by atoms with Crippen molar-refractivity contribution in [1.29, 1.82) is 0 Å². The molecule has 0 aliphatic carbocycles. The first-order chi connectivity index (χ1) is 9.06. The van der Waals surface area contributed by atoms with E-state index in [1.54, 1.807) is 0 Å². The Morgan fingerprint density at radius 1 is 1.25 bits per heavy atom. The number of carbonyl (C=O) groups is 1. The molecule has 0 saturated carbocycles. The van der Waals surface area contributed by atoms with Gasteiger partial charge in [-0.3, -0.25) is 4.90 Å². The average molecular weight is 286 g/mol. The second-order valence-corrected chi connectivity index (χ2v) is 7.17. The quantitative estimate of drug-likeness (QED) is 0.859. The summed E-state index contributed by atoms with van der Waals surface area (Å²) in [4.78, 5) is 12.1. The summed E-state index contributed by atoms with van der Waals surface area (Å²) in [5.41, 5.74) is 5.20. The lowest BCUT2D eigenvalue weighted by Gasteiger charge is -2.55. The second kappa shape index (κ2) is 7.87. The number of nitrogens with two attached hydrogens (primary N) is 1. The van der Waals surface area contributed by atoms with Crippen LogP contribution in [-0.2, 0) is 4.74 Å². The van der Waals surface area contributed by atoms with E-state index in [9.17, 15) is 4.79 Å². The van der Waals surface area contributed by atoms with Crippen molar-refractivity contribution in [3.8, 4) is 0 Å². The van der Waals surface area contributed by atoms with Crippen molar-refractivity contribution in [3.63, 3.8) is 0 Å². The van der Waals surface area contributed by atoms with E-state index >= 15 is 0 Å². The normalized spacial score (nSPS) is 21.8. The molecule has 1 aliphatic heterocycles. The fourth-order valence-corrected chi connectivity index (χ4v) is 3.74. The maximum Gasteiger partial charge on any atom is 0.404 e. The molecule has 1 rings (SSSR count). The molecule has 1 heterocycles. The third-order valence-electron chi connectivity index (χ3n) is 4.09. The van der Waals surface area contributed by atoms with Gasteiger partial charge < -0.3 is 10.5 Å². The molecule has 4 nitrogen and oxygen atoms in total. The Hall–Kier alpha value is -0.770. The predicted octanol–water partition coefficient (Wildman–Crippen LogP) is 3.79. The number of nitrogens with zero attached hydrogens (tertiary/aromatic N) is 1. The first kappa shape index (κ1) is 19.2. The van der Waals surface area contributed by atoms with E-state index in [2.05, 4.69) is 56.9 Å². The second-order valence-electron chi connectivity index (χ2n) is 7.17. The minimum absolute atomic E-state index is 0.385. The van der Waals surface area contributed by atoms with Crippen LogP contribution >= 0.6 is 0 Å². The van der Waals surface area contributed by atoms with Gasteiger partial charge in [0.25, 0.3) is 0 Å². The summed E-state index contributed by atoms with van der Waals surface area (Å²) in [5.74, 6) is 0.868. The minimum Gasteiger partial charge on any atom is -0.453 e. The summed E-state index contributed by atoms with van der Waals surface area (Å²) in [7, 11) is 1.22. The molecule has 1 amide bonds. The van der Waals surface area contributed by atoms with Crippen molar-refractivity contribution in [1.82, 2.24) is 4.90 Å². The molecule has 4 heteroatoms. The summed E-state index contributed by atoms with van der Waals surface area (Å²) < 4.78 is 3.89. The van der Waals surface area contributed by atoms with E-state index in [0.29, 0.717) is 11.1 Å². The Balaban J connectivity index is 0.000000621. The van der Waals surface area contributed by atoms with Crippen LogP contribution < -0.4 is 5.73 Å². The van der Waals surface area contributed by atoms with Gasteiger partial charge in [-0.1, -0.05) is 20.3 Å². The smallest absolute Gasteiger partial charge is 0.404 e. The number of ether oxygens (including phenoxy) is 1. The van der Waals surface area contributed by atoms with Gasteiger partial charge >= 0.3 is 6.09 Å². The van der Waals surface area contributed by atoms with Crippen LogP contribution in [0.5, 0.6) is 0 Å². The molecule has 20 heavy (non-hydrogen) atoms. The number of hydrogen-bond donors (Lipinski definition) is 1. The lowest BCUT2D eigenvalue weighted by Crippen LogP contribution is -2.60.